The monoisotopic (exact) mass is 821 g/mol. The van der Waals surface area contributed by atoms with E-state index in [4.69, 9.17) is 4.42 Å². The van der Waals surface area contributed by atoms with E-state index in [0.29, 0.717) is 0 Å². The summed E-state index contributed by atoms with van der Waals surface area (Å²) in [6.07, 6.45) is 0. The largest absolute Gasteiger partial charge is 0.456 e. The highest BCUT2D eigenvalue weighted by Crippen LogP contribution is 2.47. The molecule has 0 radical (unpaired) electrons. The molecule has 0 spiro atoms. The second-order valence-electron chi connectivity index (χ2n) is 16.0. The summed E-state index contributed by atoms with van der Waals surface area (Å²) in [6, 6.07) is 85.4. The zero-order valence-corrected chi connectivity index (χ0v) is 35.1. The molecule has 0 aliphatic carbocycles. The van der Waals surface area contributed by atoms with Gasteiger partial charge in [-0.25, -0.2) is 0 Å². The highest BCUT2D eigenvalue weighted by Gasteiger charge is 2.21. The zero-order valence-electron chi connectivity index (χ0n) is 34.3. The van der Waals surface area contributed by atoms with Crippen molar-refractivity contribution < 1.29 is 4.42 Å². The van der Waals surface area contributed by atoms with Crippen molar-refractivity contribution in [3.05, 3.63) is 237 Å². The third kappa shape index (κ3) is 6.50. The second kappa shape index (κ2) is 15.5. The number of rotatable bonds is 8. The van der Waals surface area contributed by atoms with Crippen LogP contribution in [0.25, 0.3) is 97.7 Å². The van der Waals surface area contributed by atoms with Crippen molar-refractivity contribution in [2.75, 3.05) is 4.90 Å². The van der Waals surface area contributed by atoms with E-state index < -0.39 is 0 Å². The van der Waals surface area contributed by atoms with Crippen molar-refractivity contribution in [1.29, 1.82) is 0 Å². The maximum Gasteiger partial charge on any atom is 0.136 e. The number of anilines is 3. The number of hydrogen-bond donors (Lipinski definition) is 0. The van der Waals surface area contributed by atoms with Crippen LogP contribution in [-0.4, -0.2) is 0 Å². The Morgan fingerprint density at radius 2 is 0.810 bits per heavy atom. The molecule has 10 aromatic carbocycles. The lowest BCUT2D eigenvalue weighted by atomic mass is 9.88. The van der Waals surface area contributed by atoms with Gasteiger partial charge in [-0.15, -0.1) is 11.3 Å². The normalized spacial score (nSPS) is 11.5. The van der Waals surface area contributed by atoms with Gasteiger partial charge in [-0.3, -0.25) is 0 Å². The summed E-state index contributed by atoms with van der Waals surface area (Å²) in [4.78, 5) is 2.41. The van der Waals surface area contributed by atoms with Gasteiger partial charge < -0.3 is 9.32 Å². The Bertz CT molecular complexity index is 3620. The number of thiophene rings is 1. The smallest absolute Gasteiger partial charge is 0.136 e. The van der Waals surface area contributed by atoms with Crippen LogP contribution >= 0.6 is 11.3 Å². The summed E-state index contributed by atoms with van der Waals surface area (Å²) in [5.74, 6) is 0. The fraction of sp³-hybridized carbons (Fsp3) is 0. The van der Waals surface area contributed by atoms with Gasteiger partial charge >= 0.3 is 0 Å². The summed E-state index contributed by atoms with van der Waals surface area (Å²) in [5.41, 5.74) is 16.8. The maximum atomic E-state index is 6.30. The van der Waals surface area contributed by atoms with E-state index in [1.807, 2.05) is 23.5 Å². The molecule has 3 heteroatoms. The third-order valence-electron chi connectivity index (χ3n) is 12.3. The quantitative estimate of drug-likeness (QED) is 0.152. The first-order chi connectivity index (χ1) is 31.2. The lowest BCUT2D eigenvalue weighted by Gasteiger charge is -2.29. The molecular weight excluding hydrogens is 783 g/mol. The maximum absolute atomic E-state index is 6.30. The molecule has 0 aliphatic rings. The first-order valence-electron chi connectivity index (χ1n) is 21.4. The molecule has 0 unspecified atom stereocenters. The minimum atomic E-state index is 0.895. The summed E-state index contributed by atoms with van der Waals surface area (Å²) in [6.45, 7) is 0. The molecule has 0 saturated heterocycles. The second-order valence-corrected chi connectivity index (χ2v) is 17.1. The summed E-state index contributed by atoms with van der Waals surface area (Å²) >= 11 is 1.86. The molecule has 12 aromatic rings. The van der Waals surface area contributed by atoms with Crippen LogP contribution in [0.2, 0.25) is 0 Å². The van der Waals surface area contributed by atoms with Crippen molar-refractivity contribution in [1.82, 2.24) is 0 Å². The minimum Gasteiger partial charge on any atom is -0.456 e. The first kappa shape index (κ1) is 36.8. The van der Waals surface area contributed by atoms with Crippen molar-refractivity contribution in [2.24, 2.45) is 0 Å². The number of benzene rings is 10. The minimum absolute atomic E-state index is 0.895. The van der Waals surface area contributed by atoms with Crippen molar-refractivity contribution in [2.45, 2.75) is 0 Å². The van der Waals surface area contributed by atoms with Crippen molar-refractivity contribution in [3.8, 4) is 55.6 Å². The molecule has 0 bridgehead atoms. The summed E-state index contributed by atoms with van der Waals surface area (Å²) < 4.78 is 8.91. The van der Waals surface area contributed by atoms with Gasteiger partial charge in [0.25, 0.3) is 0 Å². The van der Waals surface area contributed by atoms with E-state index in [0.717, 1.165) is 55.7 Å². The lowest BCUT2D eigenvalue weighted by Crippen LogP contribution is -2.11. The van der Waals surface area contributed by atoms with Crippen molar-refractivity contribution in [3.63, 3.8) is 0 Å². The molecule has 0 atom stereocenters. The van der Waals surface area contributed by atoms with Gasteiger partial charge in [0.1, 0.15) is 11.2 Å². The number of para-hydroxylation sites is 2. The number of hydrogen-bond acceptors (Lipinski definition) is 3. The molecule has 12 rings (SSSR count). The molecule has 63 heavy (non-hydrogen) atoms. The zero-order chi connectivity index (χ0) is 41.7. The van der Waals surface area contributed by atoms with Gasteiger partial charge in [0.05, 0.1) is 5.69 Å². The van der Waals surface area contributed by atoms with Crippen molar-refractivity contribution >= 4 is 70.5 Å². The van der Waals surface area contributed by atoms with Gasteiger partial charge in [-0.1, -0.05) is 176 Å². The van der Waals surface area contributed by atoms with E-state index >= 15 is 0 Å². The topological polar surface area (TPSA) is 16.4 Å². The predicted molar refractivity (Wildman–Crippen MR) is 268 cm³/mol. The van der Waals surface area contributed by atoms with Crippen LogP contribution in [-0.2, 0) is 0 Å². The fourth-order valence-corrected chi connectivity index (χ4v) is 10.5. The molecule has 2 aromatic heterocycles. The average molecular weight is 822 g/mol. The molecule has 0 N–H and O–H groups in total. The molecule has 0 aliphatic heterocycles. The molecule has 0 saturated carbocycles. The van der Waals surface area contributed by atoms with E-state index in [9.17, 15) is 0 Å². The Balaban J connectivity index is 1.00. The number of furan rings is 1. The van der Waals surface area contributed by atoms with Crippen LogP contribution in [0.1, 0.15) is 0 Å². The molecule has 0 amide bonds. The highest BCUT2D eigenvalue weighted by molar-refractivity contribution is 7.25. The molecule has 2 nitrogen and oxygen atoms in total. The van der Waals surface area contributed by atoms with E-state index in [1.54, 1.807) is 0 Å². The summed E-state index contributed by atoms with van der Waals surface area (Å²) in [7, 11) is 0. The fourth-order valence-electron chi connectivity index (χ4n) is 9.38. The van der Waals surface area contributed by atoms with E-state index in [-0.39, 0.29) is 0 Å². The predicted octanol–water partition coefficient (Wildman–Crippen LogP) is 17.8. The Hall–Kier alpha value is -7.98. The Morgan fingerprint density at radius 1 is 0.302 bits per heavy atom. The Labute approximate surface area is 370 Å². The van der Waals surface area contributed by atoms with Gasteiger partial charge in [0, 0.05) is 47.9 Å². The van der Waals surface area contributed by atoms with E-state index in [1.165, 1.54) is 59.1 Å². The SMILES string of the molecule is c1ccc(-c2ccccc2-c2ccccc2-c2ccccc2N(c2ccc(-c3ccc4c(c3)oc3ccccc34)cc2)c2ccc(-c3cccc4sc5ccccc5c34)cc2)cc1. The third-order valence-corrected chi connectivity index (χ3v) is 13.5. The number of nitrogens with zero attached hydrogens (tertiary/aromatic N) is 1. The Morgan fingerprint density at radius 3 is 1.57 bits per heavy atom. The van der Waals surface area contributed by atoms with Gasteiger partial charge in [0.2, 0.25) is 0 Å². The molecule has 296 valence electrons. The van der Waals surface area contributed by atoms with Gasteiger partial charge in [-0.05, 0) is 111 Å². The van der Waals surface area contributed by atoms with Gasteiger partial charge in [-0.2, -0.15) is 0 Å². The van der Waals surface area contributed by atoms with Crippen LogP contribution in [0, 0.1) is 0 Å². The highest BCUT2D eigenvalue weighted by atomic mass is 32.1. The first-order valence-corrected chi connectivity index (χ1v) is 22.2. The van der Waals surface area contributed by atoms with Crippen LogP contribution in [0.5, 0.6) is 0 Å². The van der Waals surface area contributed by atoms with Crippen LogP contribution in [0.15, 0.2) is 241 Å². The average Bonchev–Trinajstić information content (AvgIpc) is 3.93. The van der Waals surface area contributed by atoms with Gasteiger partial charge in [0.15, 0.2) is 0 Å². The molecular formula is C60H39NOS. The number of fused-ring (bicyclic) bond motifs is 6. The molecule has 0 fully saturated rings. The van der Waals surface area contributed by atoms with Crippen LogP contribution in [0.3, 0.4) is 0 Å². The van der Waals surface area contributed by atoms with Crippen LogP contribution < -0.4 is 4.90 Å². The van der Waals surface area contributed by atoms with Crippen LogP contribution in [0.4, 0.5) is 17.1 Å². The standard InChI is InChI=1S/C60H39NOS/c1-2-15-41(16-3-1)46-17-4-5-18-48(46)49-19-6-7-20-50(49)51-21-8-11-25-55(51)61(44-34-29-40(30-35-44)43-33-38-53-52-22-9-12-26-56(52)62-57(53)39-43)45-36-31-42(32-37-45)47-24-14-28-59-60(47)54-23-10-13-27-58(54)63-59/h1-39H. The molecule has 2 heterocycles. The lowest BCUT2D eigenvalue weighted by molar-refractivity contribution is 0.669. The Kier molecular flexibility index (Phi) is 9.06. The summed E-state index contributed by atoms with van der Waals surface area (Å²) in [5, 5.41) is 4.89. The van der Waals surface area contributed by atoms with E-state index in [2.05, 4.69) is 229 Å².